The Morgan fingerprint density at radius 2 is 2.23 bits per heavy atom. The normalized spacial score (nSPS) is 15.8. The predicted octanol–water partition coefficient (Wildman–Crippen LogP) is 3.84. The van der Waals surface area contributed by atoms with E-state index in [0.717, 1.165) is 15.0 Å². The fraction of sp³-hybridized carbons (Fsp3) is 0.188. The molecule has 26 heavy (non-hydrogen) atoms. The lowest BCUT2D eigenvalue weighted by Crippen LogP contribution is -2.31. The maximum absolute atomic E-state index is 12.6. The van der Waals surface area contributed by atoms with Gasteiger partial charge in [0.25, 0.3) is 5.91 Å². The van der Waals surface area contributed by atoms with E-state index in [4.69, 9.17) is 12.2 Å². The van der Waals surface area contributed by atoms with Crippen LogP contribution in [0.5, 0.6) is 0 Å². The van der Waals surface area contributed by atoms with Gasteiger partial charge in [-0.1, -0.05) is 63.4 Å². The highest BCUT2D eigenvalue weighted by atomic mass is 79.9. The molecule has 3 rings (SSSR count). The maximum atomic E-state index is 12.6. The Bertz CT molecular complexity index is 912. The van der Waals surface area contributed by atoms with Crippen molar-refractivity contribution in [1.82, 2.24) is 15.1 Å². The fourth-order valence-corrected chi connectivity index (χ4v) is 4.52. The Balaban J connectivity index is 1.61. The topological polar surface area (TPSA) is 75.2 Å². The number of aryl methyl sites for hydroxylation is 1. The number of carbonyl (C=O) groups excluding carboxylic acids is 2. The van der Waals surface area contributed by atoms with Crippen molar-refractivity contribution in [2.24, 2.45) is 0 Å². The average molecular weight is 469 g/mol. The Kier molecular flexibility index (Phi) is 6.17. The molecule has 2 amide bonds. The highest BCUT2D eigenvalue weighted by Gasteiger charge is 2.32. The number of hydrogen-bond acceptors (Lipinski definition) is 7. The average Bonchev–Trinajstić information content (AvgIpc) is 3.09. The number of rotatable bonds is 5. The summed E-state index contributed by atoms with van der Waals surface area (Å²) in [5.41, 5.74) is 0.907. The molecule has 2 aromatic rings. The molecule has 1 aromatic carbocycles. The molecule has 1 fully saturated rings. The van der Waals surface area contributed by atoms with E-state index in [9.17, 15) is 9.59 Å². The van der Waals surface area contributed by atoms with Crippen molar-refractivity contribution in [2.45, 2.75) is 13.3 Å². The van der Waals surface area contributed by atoms with Crippen LogP contribution in [0.15, 0.2) is 33.6 Å². The summed E-state index contributed by atoms with van der Waals surface area (Å²) in [4.78, 5) is 26.6. The van der Waals surface area contributed by atoms with Crippen LogP contribution in [0, 0.1) is 6.92 Å². The van der Waals surface area contributed by atoms with Gasteiger partial charge in [-0.2, -0.15) is 0 Å². The van der Waals surface area contributed by atoms with Crippen molar-refractivity contribution >= 4 is 78.6 Å². The Morgan fingerprint density at radius 3 is 2.92 bits per heavy atom. The molecule has 1 aliphatic heterocycles. The van der Waals surface area contributed by atoms with E-state index >= 15 is 0 Å². The zero-order chi connectivity index (χ0) is 18.7. The first-order valence-electron chi connectivity index (χ1n) is 7.53. The first-order chi connectivity index (χ1) is 12.4. The molecule has 6 nitrogen and oxygen atoms in total. The number of thiocarbonyl (C=S) groups is 1. The van der Waals surface area contributed by atoms with Crippen LogP contribution in [0.3, 0.4) is 0 Å². The quantitative estimate of drug-likeness (QED) is 0.530. The third-order valence-corrected chi connectivity index (χ3v) is 5.98. The molecule has 0 spiro atoms. The summed E-state index contributed by atoms with van der Waals surface area (Å²) in [6.07, 6.45) is 1.93. The lowest BCUT2D eigenvalue weighted by atomic mass is 10.2. The Hall–Kier alpha value is -1.62. The minimum atomic E-state index is -0.230. The van der Waals surface area contributed by atoms with Gasteiger partial charge in [0.1, 0.15) is 9.33 Å². The summed E-state index contributed by atoms with van der Waals surface area (Å²) < 4.78 is 1.39. The van der Waals surface area contributed by atoms with Gasteiger partial charge in [0.15, 0.2) is 0 Å². The van der Waals surface area contributed by atoms with E-state index in [-0.39, 0.29) is 24.8 Å². The maximum Gasteiger partial charge on any atom is 0.266 e. The molecule has 0 saturated carbocycles. The van der Waals surface area contributed by atoms with Crippen LogP contribution in [0.2, 0.25) is 0 Å². The molecule has 1 aromatic heterocycles. The van der Waals surface area contributed by atoms with E-state index in [1.54, 1.807) is 6.08 Å². The van der Waals surface area contributed by atoms with Crippen LogP contribution in [-0.4, -0.2) is 37.8 Å². The van der Waals surface area contributed by atoms with E-state index in [1.165, 1.54) is 28.0 Å². The predicted molar refractivity (Wildman–Crippen MR) is 112 cm³/mol. The van der Waals surface area contributed by atoms with Gasteiger partial charge in [-0.25, -0.2) is 0 Å². The molecule has 0 bridgehead atoms. The largest absolute Gasteiger partial charge is 0.300 e. The zero-order valence-corrected chi connectivity index (χ0v) is 17.6. The molecule has 1 N–H and O–H groups in total. The smallest absolute Gasteiger partial charge is 0.266 e. The van der Waals surface area contributed by atoms with Gasteiger partial charge in [0.05, 0.1) is 4.91 Å². The Morgan fingerprint density at radius 1 is 1.42 bits per heavy atom. The second-order valence-electron chi connectivity index (χ2n) is 5.31. The SMILES string of the molecule is Cc1nnc(NC(=O)CCN2C(=O)C(=Cc3cccc(Br)c3)SC2=S)s1. The Labute approximate surface area is 172 Å². The first-order valence-corrected chi connectivity index (χ1v) is 10.4. The summed E-state index contributed by atoms with van der Waals surface area (Å²) in [6.45, 7) is 2.04. The van der Waals surface area contributed by atoms with Gasteiger partial charge in [0.2, 0.25) is 11.0 Å². The summed E-state index contributed by atoms with van der Waals surface area (Å²) in [5.74, 6) is -0.411. The first kappa shape index (κ1) is 19.2. The number of hydrogen-bond donors (Lipinski definition) is 1. The number of amides is 2. The van der Waals surface area contributed by atoms with Gasteiger partial charge in [-0.3, -0.25) is 14.5 Å². The standard InChI is InChI=1S/C16H13BrN4O2S3/c1-9-19-20-15(25-9)18-13(22)5-6-21-14(23)12(26-16(21)24)8-10-3-2-4-11(17)7-10/h2-4,7-8H,5-6H2,1H3,(H,18,20,22). The van der Waals surface area contributed by atoms with Crippen molar-refractivity contribution in [3.8, 4) is 0 Å². The molecule has 1 aliphatic rings. The summed E-state index contributed by atoms with van der Waals surface area (Å²) in [5, 5.41) is 11.6. The van der Waals surface area contributed by atoms with Crippen molar-refractivity contribution in [1.29, 1.82) is 0 Å². The lowest BCUT2D eigenvalue weighted by Gasteiger charge is -2.13. The van der Waals surface area contributed by atoms with Gasteiger partial charge in [-0.15, -0.1) is 10.2 Å². The summed E-state index contributed by atoms with van der Waals surface area (Å²) >= 11 is 11.2. The van der Waals surface area contributed by atoms with E-state index < -0.39 is 0 Å². The number of thioether (sulfide) groups is 1. The van der Waals surface area contributed by atoms with Crippen LogP contribution in [0.4, 0.5) is 5.13 Å². The van der Waals surface area contributed by atoms with Crippen LogP contribution >= 0.6 is 51.2 Å². The second-order valence-corrected chi connectivity index (χ2v) is 9.09. The van der Waals surface area contributed by atoms with Gasteiger partial charge < -0.3 is 5.32 Å². The van der Waals surface area contributed by atoms with Gasteiger partial charge in [0, 0.05) is 17.4 Å². The van der Waals surface area contributed by atoms with Crippen LogP contribution in [0.25, 0.3) is 6.08 Å². The minimum Gasteiger partial charge on any atom is -0.300 e. The number of halogens is 1. The third-order valence-electron chi connectivity index (χ3n) is 3.35. The minimum absolute atomic E-state index is 0.134. The van der Waals surface area contributed by atoms with Crippen LogP contribution in [0.1, 0.15) is 17.0 Å². The van der Waals surface area contributed by atoms with E-state index in [2.05, 4.69) is 31.4 Å². The van der Waals surface area contributed by atoms with Crippen molar-refractivity contribution in [2.75, 3.05) is 11.9 Å². The number of nitrogens with zero attached hydrogens (tertiary/aromatic N) is 3. The molecule has 134 valence electrons. The van der Waals surface area contributed by atoms with E-state index in [1.807, 2.05) is 31.2 Å². The summed E-state index contributed by atoms with van der Waals surface area (Å²) in [7, 11) is 0. The molecule has 0 radical (unpaired) electrons. The van der Waals surface area contributed by atoms with Gasteiger partial charge in [-0.05, 0) is 30.7 Å². The van der Waals surface area contributed by atoms with Crippen molar-refractivity contribution in [3.05, 3.63) is 44.2 Å². The molecule has 0 unspecified atom stereocenters. The molecule has 2 heterocycles. The fourth-order valence-electron chi connectivity index (χ4n) is 2.18. The summed E-state index contributed by atoms with van der Waals surface area (Å²) in [6, 6.07) is 7.65. The third kappa shape index (κ3) is 4.76. The highest BCUT2D eigenvalue weighted by molar-refractivity contribution is 9.10. The molecule has 0 atom stereocenters. The molecular weight excluding hydrogens is 456 g/mol. The molecule has 0 aliphatic carbocycles. The lowest BCUT2D eigenvalue weighted by molar-refractivity contribution is -0.122. The van der Waals surface area contributed by atoms with Crippen LogP contribution < -0.4 is 5.32 Å². The number of aromatic nitrogens is 2. The number of carbonyl (C=O) groups is 2. The number of anilines is 1. The van der Waals surface area contributed by atoms with Crippen LogP contribution in [-0.2, 0) is 9.59 Å². The highest BCUT2D eigenvalue weighted by Crippen LogP contribution is 2.33. The monoisotopic (exact) mass is 468 g/mol. The molecule has 1 saturated heterocycles. The zero-order valence-electron chi connectivity index (χ0n) is 13.6. The van der Waals surface area contributed by atoms with Gasteiger partial charge >= 0.3 is 0 Å². The number of benzene rings is 1. The van der Waals surface area contributed by atoms with E-state index in [0.29, 0.717) is 14.4 Å². The van der Waals surface area contributed by atoms with Crippen molar-refractivity contribution < 1.29 is 9.59 Å². The van der Waals surface area contributed by atoms with Crippen molar-refractivity contribution in [3.63, 3.8) is 0 Å². The molecular formula is C16H13BrN4O2S3. The second kappa shape index (κ2) is 8.38. The number of nitrogens with one attached hydrogen (secondary N) is 1. The molecule has 10 heteroatoms.